The minimum absolute atomic E-state index is 0.591. The molecular weight excluding hydrogens is 240 g/mol. The zero-order valence-corrected chi connectivity index (χ0v) is 11.1. The predicted molar refractivity (Wildman–Crippen MR) is 73.7 cm³/mol. The summed E-state index contributed by atoms with van der Waals surface area (Å²) >= 11 is 0. The number of benzene rings is 1. The third-order valence-corrected chi connectivity index (χ3v) is 3.09. The van der Waals surface area contributed by atoms with Gasteiger partial charge in [0.05, 0.1) is 5.69 Å². The molecule has 1 aromatic carbocycles. The molecule has 3 rings (SSSR count). The maximum atomic E-state index is 5.63. The molecule has 0 aliphatic carbocycles. The summed E-state index contributed by atoms with van der Waals surface area (Å²) in [6, 6.07) is 6.02. The van der Waals surface area contributed by atoms with Gasteiger partial charge in [-0.25, -0.2) is 4.98 Å². The van der Waals surface area contributed by atoms with Crippen LogP contribution < -0.4 is 5.73 Å². The number of oxazole rings is 1. The van der Waals surface area contributed by atoms with Crippen LogP contribution in [0, 0.1) is 6.92 Å². The van der Waals surface area contributed by atoms with Crippen LogP contribution >= 0.6 is 0 Å². The highest BCUT2D eigenvalue weighted by Gasteiger charge is 2.11. The van der Waals surface area contributed by atoms with Crippen molar-refractivity contribution in [3.63, 3.8) is 0 Å². The van der Waals surface area contributed by atoms with Crippen LogP contribution in [0.3, 0.4) is 0 Å². The van der Waals surface area contributed by atoms with Crippen LogP contribution in [-0.4, -0.2) is 21.3 Å². The van der Waals surface area contributed by atoms with E-state index in [-0.39, 0.29) is 0 Å². The van der Waals surface area contributed by atoms with E-state index in [0.29, 0.717) is 12.4 Å². The molecule has 0 bridgehead atoms. The molecule has 3 aromatic rings. The third-order valence-electron chi connectivity index (χ3n) is 3.09. The van der Waals surface area contributed by atoms with Gasteiger partial charge in [0.1, 0.15) is 5.52 Å². The molecule has 0 fully saturated rings. The van der Waals surface area contributed by atoms with Gasteiger partial charge < -0.3 is 10.2 Å². The molecule has 0 aliphatic rings. The molecule has 98 valence electrons. The first-order chi connectivity index (χ1) is 9.17. The highest BCUT2D eigenvalue weighted by molar-refractivity contribution is 5.80. The monoisotopic (exact) mass is 256 g/mol. The molecule has 0 saturated heterocycles. The number of nitrogens with two attached hydrogens (primary N) is 1. The van der Waals surface area contributed by atoms with Crippen molar-refractivity contribution in [1.82, 2.24) is 14.8 Å². The van der Waals surface area contributed by atoms with Crippen LogP contribution in [0.4, 0.5) is 0 Å². The molecule has 0 amide bonds. The van der Waals surface area contributed by atoms with Crippen molar-refractivity contribution in [3.05, 3.63) is 36.0 Å². The zero-order valence-electron chi connectivity index (χ0n) is 11.1. The average molecular weight is 256 g/mol. The van der Waals surface area contributed by atoms with E-state index in [4.69, 9.17) is 10.2 Å². The third kappa shape index (κ3) is 2.13. The Hall–Kier alpha value is -2.14. The highest BCUT2D eigenvalue weighted by atomic mass is 16.3. The van der Waals surface area contributed by atoms with E-state index in [0.717, 1.165) is 34.3 Å². The summed E-state index contributed by atoms with van der Waals surface area (Å²) in [5.41, 5.74) is 10.5. The summed E-state index contributed by atoms with van der Waals surface area (Å²) in [6.07, 6.45) is 2.78. The van der Waals surface area contributed by atoms with Crippen LogP contribution in [0.1, 0.15) is 11.6 Å². The summed E-state index contributed by atoms with van der Waals surface area (Å²) in [5, 5.41) is 4.45. The summed E-state index contributed by atoms with van der Waals surface area (Å²) in [7, 11) is 1.92. The molecule has 0 saturated carbocycles. The predicted octanol–water partition coefficient (Wildman–Crippen LogP) is 2.04. The van der Waals surface area contributed by atoms with Crippen LogP contribution in [-0.2, 0) is 13.5 Å². The van der Waals surface area contributed by atoms with Gasteiger partial charge in [0.25, 0.3) is 0 Å². The summed E-state index contributed by atoms with van der Waals surface area (Å²) in [4.78, 5) is 4.30. The molecule has 5 heteroatoms. The Morgan fingerprint density at radius 1 is 1.37 bits per heavy atom. The van der Waals surface area contributed by atoms with Crippen molar-refractivity contribution in [1.29, 1.82) is 0 Å². The highest BCUT2D eigenvalue weighted by Crippen LogP contribution is 2.27. The fourth-order valence-corrected chi connectivity index (χ4v) is 2.30. The fraction of sp³-hybridized carbons (Fsp3) is 0.286. The van der Waals surface area contributed by atoms with Crippen LogP contribution in [0.2, 0.25) is 0 Å². The minimum atomic E-state index is 0.591. The average Bonchev–Trinajstić information content (AvgIpc) is 2.90. The SMILES string of the molecule is Cc1nc2ccc(-c3cn(C)nc3CCN)cc2o1. The number of hydrogen-bond donors (Lipinski definition) is 1. The molecule has 2 heterocycles. The Morgan fingerprint density at radius 3 is 3.00 bits per heavy atom. The number of aromatic nitrogens is 3. The van der Waals surface area contributed by atoms with E-state index in [2.05, 4.69) is 10.1 Å². The quantitative estimate of drug-likeness (QED) is 0.778. The van der Waals surface area contributed by atoms with Gasteiger partial charge in [-0.1, -0.05) is 6.07 Å². The van der Waals surface area contributed by atoms with Crippen molar-refractivity contribution in [2.45, 2.75) is 13.3 Å². The second-order valence-electron chi connectivity index (χ2n) is 4.62. The van der Waals surface area contributed by atoms with Crippen LogP contribution in [0.15, 0.2) is 28.8 Å². The minimum Gasteiger partial charge on any atom is -0.441 e. The van der Waals surface area contributed by atoms with Crippen molar-refractivity contribution >= 4 is 11.1 Å². The van der Waals surface area contributed by atoms with Crippen molar-refractivity contribution in [3.8, 4) is 11.1 Å². The second-order valence-corrected chi connectivity index (χ2v) is 4.62. The lowest BCUT2D eigenvalue weighted by Gasteiger charge is -2.00. The number of nitrogens with zero attached hydrogens (tertiary/aromatic N) is 3. The van der Waals surface area contributed by atoms with Gasteiger partial charge >= 0.3 is 0 Å². The molecule has 19 heavy (non-hydrogen) atoms. The first-order valence-electron chi connectivity index (χ1n) is 6.27. The Balaban J connectivity index is 2.12. The Bertz CT molecular complexity index is 726. The molecule has 0 spiro atoms. The lowest BCUT2D eigenvalue weighted by Crippen LogP contribution is -2.04. The van der Waals surface area contributed by atoms with Crippen LogP contribution in [0.25, 0.3) is 22.2 Å². The van der Waals surface area contributed by atoms with E-state index < -0.39 is 0 Å². The van der Waals surface area contributed by atoms with Gasteiger partial charge in [-0.15, -0.1) is 0 Å². The van der Waals surface area contributed by atoms with Gasteiger partial charge in [-0.3, -0.25) is 4.68 Å². The Morgan fingerprint density at radius 2 is 2.21 bits per heavy atom. The number of fused-ring (bicyclic) bond motifs is 1. The smallest absolute Gasteiger partial charge is 0.192 e. The Kier molecular flexibility index (Phi) is 2.83. The number of hydrogen-bond acceptors (Lipinski definition) is 4. The summed E-state index contributed by atoms with van der Waals surface area (Å²) in [6.45, 7) is 2.44. The largest absolute Gasteiger partial charge is 0.441 e. The van der Waals surface area contributed by atoms with Crippen molar-refractivity contribution in [2.24, 2.45) is 12.8 Å². The van der Waals surface area contributed by atoms with Crippen molar-refractivity contribution < 1.29 is 4.42 Å². The Labute approximate surface area is 111 Å². The molecular formula is C14H16N4O. The molecule has 2 aromatic heterocycles. The van der Waals surface area contributed by atoms with E-state index >= 15 is 0 Å². The van der Waals surface area contributed by atoms with Gasteiger partial charge in [0.15, 0.2) is 11.5 Å². The van der Waals surface area contributed by atoms with Gasteiger partial charge in [0, 0.05) is 32.2 Å². The molecule has 0 radical (unpaired) electrons. The second kappa shape index (κ2) is 4.51. The summed E-state index contributed by atoms with van der Waals surface area (Å²) in [5.74, 6) is 0.681. The number of aryl methyl sites for hydroxylation is 2. The first kappa shape index (κ1) is 11.9. The van der Waals surface area contributed by atoms with Gasteiger partial charge in [0.2, 0.25) is 0 Å². The number of rotatable bonds is 3. The molecule has 0 unspecified atom stereocenters. The van der Waals surface area contributed by atoms with E-state index in [1.165, 1.54) is 0 Å². The topological polar surface area (TPSA) is 69.9 Å². The molecule has 0 aliphatic heterocycles. The standard InChI is InChI=1S/C14H16N4O/c1-9-16-13-4-3-10(7-14(13)19-9)11-8-18(2)17-12(11)5-6-15/h3-4,7-8H,5-6,15H2,1-2H3. The fourth-order valence-electron chi connectivity index (χ4n) is 2.30. The maximum absolute atomic E-state index is 5.63. The normalized spacial score (nSPS) is 11.3. The van der Waals surface area contributed by atoms with Crippen LogP contribution in [0.5, 0.6) is 0 Å². The lowest BCUT2D eigenvalue weighted by atomic mass is 10.0. The first-order valence-corrected chi connectivity index (χ1v) is 6.27. The van der Waals surface area contributed by atoms with E-state index in [1.54, 1.807) is 0 Å². The maximum Gasteiger partial charge on any atom is 0.192 e. The molecule has 0 atom stereocenters. The lowest BCUT2D eigenvalue weighted by molar-refractivity contribution is 0.561. The molecule has 2 N–H and O–H groups in total. The van der Waals surface area contributed by atoms with E-state index in [1.807, 2.05) is 43.0 Å². The van der Waals surface area contributed by atoms with Gasteiger partial charge in [-0.05, 0) is 24.2 Å². The molecule has 5 nitrogen and oxygen atoms in total. The van der Waals surface area contributed by atoms with Gasteiger partial charge in [-0.2, -0.15) is 5.10 Å². The zero-order chi connectivity index (χ0) is 13.4. The van der Waals surface area contributed by atoms with Crippen molar-refractivity contribution in [2.75, 3.05) is 6.54 Å². The van der Waals surface area contributed by atoms with E-state index in [9.17, 15) is 0 Å². The summed E-state index contributed by atoms with van der Waals surface area (Å²) < 4.78 is 7.39.